The number of rotatable bonds is 3. The van der Waals surface area contributed by atoms with Crippen molar-refractivity contribution in [3.05, 3.63) is 12.2 Å². The number of carbonyl (C=O) groups excluding carboxylic acids is 1. The maximum atomic E-state index is 10.8. The highest BCUT2D eigenvalue weighted by atomic mass is 16.6. The standard InChI is InChI=1S/C11H13N5O5/c12-9-6-10(15-5(2-18)14-9)16(3-13-6)11-8(20)7(19)4(1-17)21-11/h2-4,7-8,11,17,19-20H,1H2,(H2,12,14,15)/t4-,7-,8-,11-/m1/s1. The number of hydrogen-bond donors (Lipinski definition) is 4. The van der Waals surface area contributed by atoms with Crippen molar-refractivity contribution >= 4 is 23.3 Å². The van der Waals surface area contributed by atoms with Crippen molar-refractivity contribution in [1.82, 2.24) is 19.5 Å². The van der Waals surface area contributed by atoms with Gasteiger partial charge in [0.25, 0.3) is 0 Å². The van der Waals surface area contributed by atoms with Crippen LogP contribution in [0.5, 0.6) is 0 Å². The van der Waals surface area contributed by atoms with Crippen molar-refractivity contribution in [2.45, 2.75) is 24.5 Å². The van der Waals surface area contributed by atoms with Gasteiger partial charge in [0, 0.05) is 0 Å². The van der Waals surface area contributed by atoms with Crippen LogP contribution in [0.15, 0.2) is 6.33 Å². The van der Waals surface area contributed by atoms with Crippen LogP contribution in [0, 0.1) is 0 Å². The summed E-state index contributed by atoms with van der Waals surface area (Å²) >= 11 is 0. The van der Waals surface area contributed by atoms with Gasteiger partial charge in [0.2, 0.25) is 0 Å². The third-order valence-electron chi connectivity index (χ3n) is 3.36. The normalized spacial score (nSPS) is 29.1. The van der Waals surface area contributed by atoms with E-state index in [-0.39, 0.29) is 22.8 Å². The van der Waals surface area contributed by atoms with Gasteiger partial charge in [-0.15, -0.1) is 0 Å². The van der Waals surface area contributed by atoms with Gasteiger partial charge in [0.1, 0.15) is 23.8 Å². The largest absolute Gasteiger partial charge is 0.394 e. The van der Waals surface area contributed by atoms with Crippen molar-refractivity contribution in [3.63, 3.8) is 0 Å². The Hall–Kier alpha value is -2.14. The topological polar surface area (TPSA) is 157 Å². The fraction of sp³-hybridized carbons (Fsp3) is 0.455. The number of aliphatic hydroxyl groups excluding tert-OH is 3. The smallest absolute Gasteiger partial charge is 0.196 e. The maximum absolute atomic E-state index is 10.8. The predicted molar refractivity (Wildman–Crippen MR) is 68.1 cm³/mol. The Morgan fingerprint density at radius 1 is 1.38 bits per heavy atom. The highest BCUT2D eigenvalue weighted by Crippen LogP contribution is 2.31. The molecular formula is C11H13N5O5. The second-order valence-electron chi connectivity index (χ2n) is 4.64. The van der Waals surface area contributed by atoms with Crippen molar-refractivity contribution in [2.24, 2.45) is 0 Å². The maximum Gasteiger partial charge on any atom is 0.196 e. The summed E-state index contributed by atoms with van der Waals surface area (Å²) in [5, 5.41) is 28.9. The summed E-state index contributed by atoms with van der Waals surface area (Å²) in [7, 11) is 0. The van der Waals surface area contributed by atoms with Gasteiger partial charge in [-0.05, 0) is 0 Å². The number of carbonyl (C=O) groups is 1. The molecular weight excluding hydrogens is 282 g/mol. The average molecular weight is 295 g/mol. The first-order valence-corrected chi connectivity index (χ1v) is 6.14. The fourth-order valence-electron chi connectivity index (χ4n) is 2.30. The van der Waals surface area contributed by atoms with E-state index in [0.717, 1.165) is 0 Å². The minimum Gasteiger partial charge on any atom is -0.394 e. The summed E-state index contributed by atoms with van der Waals surface area (Å²) in [5.41, 5.74) is 6.12. The molecule has 1 aliphatic heterocycles. The first kappa shape index (κ1) is 13.8. The van der Waals surface area contributed by atoms with Crippen LogP contribution < -0.4 is 5.73 Å². The Bertz CT molecular complexity index is 689. The van der Waals surface area contributed by atoms with Crippen LogP contribution in [-0.4, -0.2) is 66.0 Å². The molecule has 3 heterocycles. The highest BCUT2D eigenvalue weighted by Gasteiger charge is 2.44. The number of aldehydes is 1. The summed E-state index contributed by atoms with van der Waals surface area (Å²) < 4.78 is 6.72. The predicted octanol–water partition coefficient (Wildman–Crippen LogP) is -2.17. The number of nitrogens with zero attached hydrogens (tertiary/aromatic N) is 4. The summed E-state index contributed by atoms with van der Waals surface area (Å²) in [6, 6.07) is 0. The van der Waals surface area contributed by atoms with Crippen LogP contribution in [0.3, 0.4) is 0 Å². The van der Waals surface area contributed by atoms with E-state index in [1.807, 2.05) is 0 Å². The van der Waals surface area contributed by atoms with E-state index in [1.165, 1.54) is 10.9 Å². The molecule has 10 nitrogen and oxygen atoms in total. The first-order chi connectivity index (χ1) is 10.1. The van der Waals surface area contributed by atoms with E-state index in [0.29, 0.717) is 6.29 Å². The number of anilines is 1. The SMILES string of the molecule is Nc1nc(C=O)nc2c1ncn2[C@@H]1O[C@H](CO)[C@@H](O)[C@H]1O. The molecule has 1 aliphatic rings. The van der Waals surface area contributed by atoms with Gasteiger partial charge in [0.05, 0.1) is 12.9 Å². The summed E-state index contributed by atoms with van der Waals surface area (Å²) in [4.78, 5) is 22.5. The Labute approximate surface area is 117 Å². The molecule has 0 aromatic carbocycles. The van der Waals surface area contributed by atoms with E-state index in [9.17, 15) is 15.0 Å². The number of aliphatic hydroxyl groups is 3. The molecule has 10 heteroatoms. The number of aromatic nitrogens is 4. The van der Waals surface area contributed by atoms with E-state index in [1.54, 1.807) is 0 Å². The molecule has 0 amide bonds. The molecule has 1 fully saturated rings. The Balaban J connectivity index is 2.09. The molecule has 3 rings (SSSR count). The minimum absolute atomic E-state index is 0.0209. The minimum atomic E-state index is -1.28. The van der Waals surface area contributed by atoms with E-state index in [2.05, 4.69) is 15.0 Å². The van der Waals surface area contributed by atoms with Gasteiger partial charge in [-0.3, -0.25) is 9.36 Å². The second-order valence-corrected chi connectivity index (χ2v) is 4.64. The zero-order valence-electron chi connectivity index (χ0n) is 10.7. The second kappa shape index (κ2) is 5.00. The van der Waals surface area contributed by atoms with Crippen LogP contribution in [0.25, 0.3) is 11.2 Å². The molecule has 21 heavy (non-hydrogen) atoms. The van der Waals surface area contributed by atoms with Crippen LogP contribution in [-0.2, 0) is 4.74 Å². The third-order valence-corrected chi connectivity index (χ3v) is 3.36. The van der Waals surface area contributed by atoms with E-state index >= 15 is 0 Å². The van der Waals surface area contributed by atoms with Crippen molar-refractivity contribution in [1.29, 1.82) is 0 Å². The zero-order chi connectivity index (χ0) is 15.1. The molecule has 2 aromatic rings. The average Bonchev–Trinajstić information content (AvgIpc) is 3.02. The number of ether oxygens (including phenoxy) is 1. The van der Waals surface area contributed by atoms with Crippen molar-refractivity contribution < 1.29 is 24.9 Å². The number of imidazole rings is 1. The Morgan fingerprint density at radius 3 is 2.76 bits per heavy atom. The lowest BCUT2D eigenvalue weighted by molar-refractivity contribution is -0.0511. The number of fused-ring (bicyclic) bond motifs is 1. The third kappa shape index (κ3) is 2.05. The van der Waals surface area contributed by atoms with Gasteiger partial charge < -0.3 is 25.8 Å². The number of nitrogens with two attached hydrogens (primary N) is 1. The van der Waals surface area contributed by atoms with E-state index < -0.39 is 31.1 Å². The van der Waals surface area contributed by atoms with Gasteiger partial charge in [-0.25, -0.2) is 15.0 Å². The summed E-state index contributed by atoms with van der Waals surface area (Å²) in [6.45, 7) is -0.446. The van der Waals surface area contributed by atoms with Crippen LogP contribution in [0.2, 0.25) is 0 Å². The molecule has 0 bridgehead atoms. The quantitative estimate of drug-likeness (QED) is 0.462. The first-order valence-electron chi connectivity index (χ1n) is 6.14. The molecule has 4 atom stereocenters. The zero-order valence-corrected chi connectivity index (χ0v) is 10.7. The molecule has 0 aliphatic carbocycles. The van der Waals surface area contributed by atoms with Gasteiger partial charge >= 0.3 is 0 Å². The molecule has 0 spiro atoms. The fourth-order valence-corrected chi connectivity index (χ4v) is 2.30. The number of hydrogen-bond acceptors (Lipinski definition) is 9. The monoisotopic (exact) mass is 295 g/mol. The molecule has 1 saturated heterocycles. The van der Waals surface area contributed by atoms with Gasteiger partial charge in [-0.1, -0.05) is 0 Å². The lowest BCUT2D eigenvalue weighted by atomic mass is 10.1. The number of nitrogen functional groups attached to an aromatic ring is 1. The van der Waals surface area contributed by atoms with Crippen LogP contribution >= 0.6 is 0 Å². The lowest BCUT2D eigenvalue weighted by Crippen LogP contribution is -2.33. The highest BCUT2D eigenvalue weighted by molar-refractivity contribution is 5.84. The van der Waals surface area contributed by atoms with Crippen molar-refractivity contribution in [2.75, 3.05) is 12.3 Å². The molecule has 112 valence electrons. The molecule has 0 unspecified atom stereocenters. The summed E-state index contributed by atoms with van der Waals surface area (Å²) in [6.07, 6.45) is -2.71. The van der Waals surface area contributed by atoms with Crippen LogP contribution in [0.4, 0.5) is 5.82 Å². The van der Waals surface area contributed by atoms with E-state index in [4.69, 9.17) is 15.6 Å². The van der Waals surface area contributed by atoms with Gasteiger partial charge in [0.15, 0.2) is 29.8 Å². The van der Waals surface area contributed by atoms with Crippen LogP contribution in [0.1, 0.15) is 16.8 Å². The molecule has 0 saturated carbocycles. The lowest BCUT2D eigenvalue weighted by Gasteiger charge is -2.16. The molecule has 5 N–H and O–H groups in total. The molecule has 0 radical (unpaired) electrons. The van der Waals surface area contributed by atoms with Crippen molar-refractivity contribution in [3.8, 4) is 0 Å². The molecule has 2 aromatic heterocycles. The Morgan fingerprint density at radius 2 is 2.14 bits per heavy atom. The van der Waals surface area contributed by atoms with Gasteiger partial charge in [-0.2, -0.15) is 0 Å². The summed E-state index contributed by atoms with van der Waals surface area (Å²) in [5.74, 6) is -0.110. The Kier molecular flexibility index (Phi) is 3.29.